The van der Waals surface area contributed by atoms with E-state index in [9.17, 15) is 14.3 Å². The second kappa shape index (κ2) is 5.06. The van der Waals surface area contributed by atoms with Gasteiger partial charge in [0.2, 0.25) is 5.91 Å². The maximum Gasteiger partial charge on any atom is 0.249 e. The molecule has 0 saturated heterocycles. The quantitative estimate of drug-likeness (QED) is 0.844. The molecule has 0 saturated carbocycles. The first-order valence-corrected chi connectivity index (χ1v) is 6.26. The van der Waals surface area contributed by atoms with Crippen molar-refractivity contribution in [3.8, 4) is 0 Å². The number of hydrogen-bond donors (Lipinski definition) is 2. The Morgan fingerprint density at radius 1 is 1.56 bits per heavy atom. The van der Waals surface area contributed by atoms with Crippen LogP contribution in [0.4, 0.5) is 4.39 Å². The molecular formula is C14H18FNO2. The second-order valence-electron chi connectivity index (χ2n) is 4.99. The van der Waals surface area contributed by atoms with Gasteiger partial charge in [0.1, 0.15) is 11.9 Å². The highest BCUT2D eigenvalue weighted by Gasteiger charge is 2.30. The summed E-state index contributed by atoms with van der Waals surface area (Å²) in [4.78, 5) is 11.6. The summed E-state index contributed by atoms with van der Waals surface area (Å²) in [6, 6.07) is 4.74. The zero-order valence-electron chi connectivity index (χ0n) is 10.6. The molecule has 2 N–H and O–H groups in total. The van der Waals surface area contributed by atoms with Crippen LogP contribution in [0.2, 0.25) is 0 Å². The fraction of sp³-hybridized carbons (Fsp3) is 0.500. The zero-order valence-corrected chi connectivity index (χ0v) is 10.6. The fourth-order valence-corrected chi connectivity index (χ4v) is 2.47. The van der Waals surface area contributed by atoms with Gasteiger partial charge in [0, 0.05) is 0 Å². The molecule has 1 aliphatic rings. The summed E-state index contributed by atoms with van der Waals surface area (Å²) in [6.45, 7) is 3.45. The van der Waals surface area contributed by atoms with Gasteiger partial charge in [-0.25, -0.2) is 4.39 Å². The van der Waals surface area contributed by atoms with Gasteiger partial charge in [0.15, 0.2) is 0 Å². The van der Waals surface area contributed by atoms with Crippen LogP contribution in [0.15, 0.2) is 18.2 Å². The summed E-state index contributed by atoms with van der Waals surface area (Å²) in [5, 5.41) is 12.1. The van der Waals surface area contributed by atoms with Crippen LogP contribution >= 0.6 is 0 Å². The Bertz CT molecular complexity index is 459. The molecular weight excluding hydrogens is 233 g/mol. The van der Waals surface area contributed by atoms with Gasteiger partial charge in [-0.05, 0) is 42.9 Å². The molecule has 1 aromatic carbocycles. The van der Waals surface area contributed by atoms with Crippen molar-refractivity contribution in [2.24, 2.45) is 5.92 Å². The first kappa shape index (κ1) is 13.0. The van der Waals surface area contributed by atoms with Crippen molar-refractivity contribution >= 4 is 5.91 Å². The molecule has 1 aromatic rings. The number of amides is 1. The Kier molecular flexibility index (Phi) is 3.66. The topological polar surface area (TPSA) is 49.3 Å². The number of fused-ring (bicyclic) bond motifs is 1. The fourth-order valence-electron chi connectivity index (χ4n) is 2.47. The minimum atomic E-state index is -1.05. The van der Waals surface area contributed by atoms with Crippen molar-refractivity contribution < 1.29 is 14.3 Å². The zero-order chi connectivity index (χ0) is 13.3. The Morgan fingerprint density at radius 2 is 2.28 bits per heavy atom. The molecule has 1 aliphatic carbocycles. The molecule has 98 valence electrons. The van der Waals surface area contributed by atoms with E-state index in [1.54, 1.807) is 6.07 Å². The number of carbonyl (C=O) groups excluding carboxylic acids is 1. The molecule has 3 nitrogen and oxygen atoms in total. The number of carbonyl (C=O) groups is 1. The lowest BCUT2D eigenvalue weighted by molar-refractivity contribution is -0.129. The van der Waals surface area contributed by atoms with Crippen LogP contribution in [0.1, 0.15) is 37.4 Å². The largest absolute Gasteiger partial charge is 0.384 e. The minimum Gasteiger partial charge on any atom is -0.384 e. The highest BCUT2D eigenvalue weighted by atomic mass is 19.1. The summed E-state index contributed by atoms with van der Waals surface area (Å²) in [5.41, 5.74) is 1.52. The van der Waals surface area contributed by atoms with Gasteiger partial charge in [-0.1, -0.05) is 19.1 Å². The van der Waals surface area contributed by atoms with Crippen molar-refractivity contribution in [1.29, 1.82) is 0 Å². The molecule has 1 amide bonds. The van der Waals surface area contributed by atoms with Crippen molar-refractivity contribution in [1.82, 2.24) is 5.32 Å². The molecule has 4 heteroatoms. The normalized spacial score (nSPS) is 24.2. The molecule has 18 heavy (non-hydrogen) atoms. The Balaban J connectivity index is 2.31. The Hall–Kier alpha value is -1.42. The molecule has 0 aliphatic heterocycles. The number of benzene rings is 1. The Labute approximate surface area is 106 Å². The number of nitrogens with one attached hydrogen (secondary N) is 1. The van der Waals surface area contributed by atoms with Crippen molar-refractivity contribution in [2.75, 3.05) is 0 Å². The van der Waals surface area contributed by atoms with Crippen molar-refractivity contribution in [2.45, 2.75) is 38.8 Å². The molecule has 0 heterocycles. The number of halogens is 1. The average Bonchev–Trinajstić information content (AvgIpc) is 2.32. The molecule has 2 rings (SSSR count). The summed E-state index contributed by atoms with van der Waals surface area (Å²) in [5.74, 6) is -0.387. The first-order valence-electron chi connectivity index (χ1n) is 6.26. The van der Waals surface area contributed by atoms with Crippen molar-refractivity contribution in [3.63, 3.8) is 0 Å². The van der Waals surface area contributed by atoms with E-state index in [2.05, 4.69) is 5.32 Å². The van der Waals surface area contributed by atoms with E-state index in [1.807, 2.05) is 13.0 Å². The highest BCUT2D eigenvalue weighted by molar-refractivity contribution is 5.80. The standard InChI is InChI=1S/C14H18FNO2/c1-8-6-7-10-11(4-3-5-12(10)15)13(8)16-14(18)9(2)17/h3-5,8-9,13,17H,6-7H2,1-2H3,(H,16,18). The molecule has 0 aromatic heterocycles. The van der Waals surface area contributed by atoms with Gasteiger partial charge in [-0.2, -0.15) is 0 Å². The Morgan fingerprint density at radius 3 is 2.94 bits per heavy atom. The van der Waals surface area contributed by atoms with Gasteiger partial charge in [0.05, 0.1) is 6.04 Å². The van der Waals surface area contributed by atoms with Crippen LogP contribution in [-0.2, 0) is 11.2 Å². The van der Waals surface area contributed by atoms with Crippen LogP contribution < -0.4 is 5.32 Å². The van der Waals surface area contributed by atoms with E-state index in [1.165, 1.54) is 13.0 Å². The van der Waals surface area contributed by atoms with Crippen LogP contribution in [-0.4, -0.2) is 17.1 Å². The summed E-state index contributed by atoms with van der Waals surface area (Å²) >= 11 is 0. The van der Waals surface area contributed by atoms with Crippen LogP contribution in [0.5, 0.6) is 0 Å². The van der Waals surface area contributed by atoms with Gasteiger partial charge < -0.3 is 10.4 Å². The van der Waals surface area contributed by atoms with E-state index >= 15 is 0 Å². The SMILES string of the molecule is CC(O)C(=O)NC1c2cccc(F)c2CCC1C. The van der Waals surface area contributed by atoms with Crippen LogP contribution in [0, 0.1) is 11.7 Å². The third-order valence-corrected chi connectivity index (χ3v) is 3.59. The predicted molar refractivity (Wildman–Crippen MR) is 66.4 cm³/mol. The van der Waals surface area contributed by atoms with Crippen LogP contribution in [0.3, 0.4) is 0 Å². The third kappa shape index (κ3) is 2.38. The van der Waals surface area contributed by atoms with Gasteiger partial charge in [0.25, 0.3) is 0 Å². The molecule has 0 bridgehead atoms. The highest BCUT2D eigenvalue weighted by Crippen LogP contribution is 2.35. The number of aliphatic hydroxyl groups is 1. The summed E-state index contributed by atoms with van der Waals surface area (Å²) in [6.07, 6.45) is 0.485. The van der Waals surface area contributed by atoms with Crippen molar-refractivity contribution in [3.05, 3.63) is 35.1 Å². The predicted octanol–water partition coefficient (Wildman–Crippen LogP) is 1.95. The lowest BCUT2D eigenvalue weighted by atomic mass is 9.80. The van der Waals surface area contributed by atoms with Crippen LogP contribution in [0.25, 0.3) is 0 Å². The molecule has 3 atom stereocenters. The number of rotatable bonds is 2. The van der Waals surface area contributed by atoms with Gasteiger partial charge in [-0.15, -0.1) is 0 Å². The van der Waals surface area contributed by atoms with E-state index in [0.717, 1.165) is 12.0 Å². The number of aliphatic hydroxyl groups excluding tert-OH is 1. The maximum absolute atomic E-state index is 13.7. The van der Waals surface area contributed by atoms with Gasteiger partial charge in [-0.3, -0.25) is 4.79 Å². The maximum atomic E-state index is 13.7. The number of hydrogen-bond acceptors (Lipinski definition) is 2. The smallest absolute Gasteiger partial charge is 0.249 e. The van der Waals surface area contributed by atoms with E-state index in [-0.39, 0.29) is 17.8 Å². The molecule has 0 radical (unpaired) electrons. The molecule has 3 unspecified atom stereocenters. The first-order chi connectivity index (χ1) is 8.50. The van der Waals surface area contributed by atoms with E-state index in [0.29, 0.717) is 12.0 Å². The lowest BCUT2D eigenvalue weighted by Gasteiger charge is -2.32. The summed E-state index contributed by atoms with van der Waals surface area (Å²) in [7, 11) is 0. The van der Waals surface area contributed by atoms with Gasteiger partial charge >= 0.3 is 0 Å². The minimum absolute atomic E-state index is 0.212. The monoisotopic (exact) mass is 251 g/mol. The average molecular weight is 251 g/mol. The third-order valence-electron chi connectivity index (χ3n) is 3.59. The molecule has 0 fully saturated rings. The van der Waals surface area contributed by atoms with E-state index < -0.39 is 12.0 Å². The lowest BCUT2D eigenvalue weighted by Crippen LogP contribution is -2.40. The molecule has 0 spiro atoms. The second-order valence-corrected chi connectivity index (χ2v) is 4.99. The summed E-state index contributed by atoms with van der Waals surface area (Å²) < 4.78 is 13.7. The van der Waals surface area contributed by atoms with E-state index in [4.69, 9.17) is 0 Å².